The van der Waals surface area contributed by atoms with E-state index >= 15 is 0 Å². The highest BCUT2D eigenvalue weighted by atomic mass is 32.2. The normalized spacial score (nSPS) is 13.2. The van der Waals surface area contributed by atoms with Crippen molar-refractivity contribution >= 4 is 15.9 Å². The van der Waals surface area contributed by atoms with E-state index in [0.717, 1.165) is 23.9 Å². The Morgan fingerprint density at radius 1 is 1.19 bits per heavy atom. The molecule has 0 radical (unpaired) electrons. The summed E-state index contributed by atoms with van der Waals surface area (Å²) in [7, 11) is -4.29. The van der Waals surface area contributed by atoms with Gasteiger partial charge in [0.25, 0.3) is 0 Å². The maximum atomic E-state index is 12.7. The number of rotatable bonds is 7. The smallest absolute Gasteiger partial charge is 0.354 e. The Morgan fingerprint density at radius 2 is 1.93 bits per heavy atom. The topological polar surface area (TPSA) is 88.2 Å². The number of sulfonamides is 1. The molecular formula is C17H18F3N3O3S. The number of nitrogens with one attached hydrogen (secondary N) is 2. The molecule has 0 aliphatic rings. The van der Waals surface area contributed by atoms with Crippen molar-refractivity contribution < 1.29 is 26.4 Å². The lowest BCUT2D eigenvalue weighted by molar-refractivity contribution is -0.137. The van der Waals surface area contributed by atoms with Gasteiger partial charge in [0.05, 0.1) is 16.5 Å². The second kappa shape index (κ2) is 8.49. The molecule has 0 spiro atoms. The van der Waals surface area contributed by atoms with Gasteiger partial charge in [0.2, 0.25) is 15.9 Å². The minimum absolute atomic E-state index is 0.242. The predicted octanol–water partition coefficient (Wildman–Crippen LogP) is 2.13. The molecule has 146 valence electrons. The summed E-state index contributed by atoms with van der Waals surface area (Å²) < 4.78 is 64.8. The van der Waals surface area contributed by atoms with Crippen LogP contribution >= 0.6 is 0 Å². The molecule has 2 aromatic rings. The largest absolute Gasteiger partial charge is 0.416 e. The van der Waals surface area contributed by atoms with Gasteiger partial charge in [-0.3, -0.25) is 9.78 Å². The molecule has 1 unspecified atom stereocenters. The first-order chi connectivity index (χ1) is 12.6. The molecule has 0 saturated heterocycles. The van der Waals surface area contributed by atoms with Gasteiger partial charge in [-0.1, -0.05) is 12.1 Å². The molecule has 1 aromatic heterocycles. The van der Waals surface area contributed by atoms with E-state index in [1.165, 1.54) is 6.92 Å². The van der Waals surface area contributed by atoms with Crippen LogP contribution in [0, 0.1) is 0 Å². The number of alkyl halides is 3. The first-order valence-electron chi connectivity index (χ1n) is 7.97. The molecule has 0 saturated carbocycles. The Balaban J connectivity index is 1.97. The van der Waals surface area contributed by atoms with Crippen LogP contribution in [-0.2, 0) is 27.4 Å². The molecule has 0 bridgehead atoms. The summed E-state index contributed by atoms with van der Waals surface area (Å²) in [4.78, 5) is 15.6. The van der Waals surface area contributed by atoms with E-state index in [9.17, 15) is 26.4 Å². The van der Waals surface area contributed by atoms with Crippen LogP contribution in [-0.4, -0.2) is 31.9 Å². The number of carbonyl (C=O) groups excluding carboxylic acids is 1. The highest BCUT2D eigenvalue weighted by molar-refractivity contribution is 7.89. The lowest BCUT2D eigenvalue weighted by atomic mass is 10.2. The number of amides is 1. The Kier molecular flexibility index (Phi) is 6.55. The molecule has 2 rings (SSSR count). The quantitative estimate of drug-likeness (QED) is 0.744. The average Bonchev–Trinajstić information content (AvgIpc) is 2.61. The van der Waals surface area contributed by atoms with E-state index < -0.39 is 38.6 Å². The van der Waals surface area contributed by atoms with Gasteiger partial charge in [-0.15, -0.1) is 0 Å². The van der Waals surface area contributed by atoms with Gasteiger partial charge >= 0.3 is 6.18 Å². The summed E-state index contributed by atoms with van der Waals surface area (Å²) in [5, 5.41) is 2.55. The number of carbonyl (C=O) groups is 1. The van der Waals surface area contributed by atoms with E-state index in [1.54, 1.807) is 24.4 Å². The average molecular weight is 401 g/mol. The Labute approximate surface area is 154 Å². The fourth-order valence-corrected chi connectivity index (χ4v) is 3.46. The zero-order valence-corrected chi connectivity index (χ0v) is 15.1. The summed E-state index contributed by atoms with van der Waals surface area (Å²) in [5.74, 6) is -0.596. The molecule has 0 aliphatic heterocycles. The summed E-state index contributed by atoms with van der Waals surface area (Å²) in [6.07, 6.45) is -2.59. The number of hydrogen-bond donors (Lipinski definition) is 2. The number of aromatic nitrogens is 1. The Hall–Kier alpha value is -2.46. The van der Waals surface area contributed by atoms with Crippen LogP contribution < -0.4 is 10.0 Å². The van der Waals surface area contributed by atoms with E-state index in [1.807, 2.05) is 0 Å². The standard InChI is InChI=1S/C17H18F3N3O3S/c1-12(16(24)22-10-8-14-6-2-3-9-21-14)23-27(25,26)15-7-4-5-13(11-15)17(18,19)20/h2-7,9,11-12,23H,8,10H2,1H3,(H,22,24). The van der Waals surface area contributed by atoms with Gasteiger partial charge in [-0.25, -0.2) is 8.42 Å². The lowest BCUT2D eigenvalue weighted by Gasteiger charge is -2.15. The maximum absolute atomic E-state index is 12.7. The first-order valence-corrected chi connectivity index (χ1v) is 9.45. The molecule has 2 N–H and O–H groups in total. The molecule has 27 heavy (non-hydrogen) atoms. The van der Waals surface area contributed by atoms with E-state index in [4.69, 9.17) is 0 Å². The van der Waals surface area contributed by atoms with Gasteiger partial charge in [0, 0.05) is 24.9 Å². The summed E-state index contributed by atoms with van der Waals surface area (Å²) in [6, 6.07) is 7.50. The van der Waals surface area contributed by atoms with Crippen LogP contribution in [0.15, 0.2) is 53.6 Å². The summed E-state index contributed by atoms with van der Waals surface area (Å²) in [6.45, 7) is 1.55. The van der Waals surface area contributed by atoms with Crippen LogP contribution in [0.2, 0.25) is 0 Å². The second-order valence-corrected chi connectivity index (χ2v) is 7.44. The monoisotopic (exact) mass is 401 g/mol. The zero-order chi connectivity index (χ0) is 20.1. The van der Waals surface area contributed by atoms with E-state index in [2.05, 4.69) is 15.0 Å². The summed E-state index contributed by atoms with van der Waals surface area (Å²) >= 11 is 0. The molecule has 1 atom stereocenters. The minimum Gasteiger partial charge on any atom is -0.354 e. The number of pyridine rings is 1. The Morgan fingerprint density at radius 3 is 2.56 bits per heavy atom. The van der Waals surface area contributed by atoms with Crippen LogP contribution in [0.1, 0.15) is 18.2 Å². The third-order valence-corrected chi connectivity index (χ3v) is 5.14. The molecule has 6 nitrogen and oxygen atoms in total. The third-order valence-electron chi connectivity index (χ3n) is 3.60. The van der Waals surface area contributed by atoms with Crippen LogP contribution in [0.3, 0.4) is 0 Å². The predicted molar refractivity (Wildman–Crippen MR) is 92.2 cm³/mol. The van der Waals surface area contributed by atoms with Crippen molar-refractivity contribution in [3.63, 3.8) is 0 Å². The molecule has 1 aromatic carbocycles. The number of hydrogen-bond acceptors (Lipinski definition) is 4. The number of nitrogens with zero attached hydrogens (tertiary/aromatic N) is 1. The molecule has 0 fully saturated rings. The molecule has 1 amide bonds. The van der Waals surface area contributed by atoms with Crippen molar-refractivity contribution in [2.75, 3.05) is 6.54 Å². The van der Waals surface area contributed by atoms with Gasteiger partial charge < -0.3 is 5.32 Å². The van der Waals surface area contributed by atoms with Gasteiger partial charge in [0.1, 0.15) is 0 Å². The molecular weight excluding hydrogens is 383 g/mol. The number of benzene rings is 1. The fourth-order valence-electron chi connectivity index (χ4n) is 2.21. The second-order valence-electron chi connectivity index (χ2n) is 5.73. The van der Waals surface area contributed by atoms with Gasteiger partial charge in [-0.2, -0.15) is 17.9 Å². The van der Waals surface area contributed by atoms with Crippen LogP contribution in [0.5, 0.6) is 0 Å². The minimum atomic E-state index is -4.67. The molecule has 10 heteroatoms. The Bertz CT molecular complexity index is 887. The third kappa shape index (κ3) is 6.04. The van der Waals surface area contributed by atoms with Gasteiger partial charge in [-0.05, 0) is 37.3 Å². The molecule has 0 aliphatic carbocycles. The van der Waals surface area contributed by atoms with Crippen LogP contribution in [0.25, 0.3) is 0 Å². The van der Waals surface area contributed by atoms with Crippen molar-refractivity contribution in [3.8, 4) is 0 Å². The van der Waals surface area contributed by atoms with Crippen molar-refractivity contribution in [1.29, 1.82) is 0 Å². The zero-order valence-electron chi connectivity index (χ0n) is 14.3. The molecule has 1 heterocycles. The van der Waals surface area contributed by atoms with E-state index in [0.29, 0.717) is 12.5 Å². The van der Waals surface area contributed by atoms with Crippen molar-refractivity contribution in [2.45, 2.75) is 30.5 Å². The summed E-state index contributed by atoms with van der Waals surface area (Å²) in [5.41, 5.74) is -0.326. The van der Waals surface area contributed by atoms with Crippen molar-refractivity contribution in [1.82, 2.24) is 15.0 Å². The van der Waals surface area contributed by atoms with Crippen LogP contribution in [0.4, 0.5) is 13.2 Å². The SMILES string of the molecule is CC(NS(=O)(=O)c1cccc(C(F)(F)F)c1)C(=O)NCCc1ccccn1. The first kappa shape index (κ1) is 20.8. The van der Waals surface area contributed by atoms with Gasteiger partial charge in [0.15, 0.2) is 0 Å². The lowest BCUT2D eigenvalue weighted by Crippen LogP contribution is -2.45. The number of halogens is 3. The van der Waals surface area contributed by atoms with Crippen molar-refractivity contribution in [3.05, 3.63) is 59.9 Å². The maximum Gasteiger partial charge on any atom is 0.416 e. The highest BCUT2D eigenvalue weighted by Crippen LogP contribution is 2.30. The van der Waals surface area contributed by atoms with Crippen molar-refractivity contribution in [2.24, 2.45) is 0 Å². The fraction of sp³-hybridized carbons (Fsp3) is 0.294. The highest BCUT2D eigenvalue weighted by Gasteiger charge is 2.32. The van der Waals surface area contributed by atoms with E-state index in [-0.39, 0.29) is 6.54 Å².